The first-order chi connectivity index (χ1) is 9.17. The number of non-ortho nitro benzene ring substituents is 1. The van der Waals surface area contributed by atoms with Gasteiger partial charge in [-0.3, -0.25) is 10.1 Å². The molecular weight excluding hydrogens is 248 g/mol. The maximum Gasteiger partial charge on any atom is 0.270 e. The number of hydrogen-bond acceptors (Lipinski definition) is 6. The van der Waals surface area contributed by atoms with Gasteiger partial charge in [-0.1, -0.05) is 0 Å². The molecule has 0 atom stereocenters. The Morgan fingerprint density at radius 2 is 2.21 bits per heavy atom. The van der Waals surface area contributed by atoms with E-state index in [1.54, 1.807) is 6.07 Å². The van der Waals surface area contributed by atoms with Crippen molar-refractivity contribution in [3.05, 3.63) is 34.6 Å². The normalized spacial score (nSPS) is 10.6. The molecule has 1 aromatic carbocycles. The van der Waals surface area contributed by atoms with Crippen LogP contribution in [0.3, 0.4) is 0 Å². The summed E-state index contributed by atoms with van der Waals surface area (Å²) in [5.41, 5.74) is 0.649. The molecule has 1 N–H and O–H groups in total. The van der Waals surface area contributed by atoms with Crippen LogP contribution in [0.2, 0.25) is 0 Å². The van der Waals surface area contributed by atoms with Gasteiger partial charge in [0, 0.05) is 30.6 Å². The monoisotopic (exact) mass is 262 g/mol. The van der Waals surface area contributed by atoms with Crippen molar-refractivity contribution in [2.75, 3.05) is 24.6 Å². The smallest absolute Gasteiger partial charge is 0.270 e. The van der Waals surface area contributed by atoms with Crippen molar-refractivity contribution in [1.82, 2.24) is 9.97 Å². The molecule has 0 amide bonds. The average Bonchev–Trinajstić information content (AvgIpc) is 2.43. The Hall–Kier alpha value is -2.28. The number of anilines is 1. The summed E-state index contributed by atoms with van der Waals surface area (Å²) in [6, 6.07) is 4.48. The predicted molar refractivity (Wildman–Crippen MR) is 71.2 cm³/mol. The van der Waals surface area contributed by atoms with E-state index in [1.165, 1.54) is 18.5 Å². The van der Waals surface area contributed by atoms with Crippen molar-refractivity contribution in [2.24, 2.45) is 0 Å². The third-order valence-electron chi connectivity index (χ3n) is 2.86. The number of nitro benzene ring substituents is 1. The van der Waals surface area contributed by atoms with Crippen LogP contribution in [-0.2, 0) is 0 Å². The van der Waals surface area contributed by atoms with E-state index < -0.39 is 4.92 Å². The minimum absolute atomic E-state index is 0.00333. The Labute approximate surface area is 109 Å². The maximum atomic E-state index is 10.8. The van der Waals surface area contributed by atoms with Crippen LogP contribution in [0.4, 0.5) is 11.5 Å². The van der Waals surface area contributed by atoms with Gasteiger partial charge in [0.25, 0.3) is 5.69 Å². The second-order valence-corrected chi connectivity index (χ2v) is 3.96. The third-order valence-corrected chi connectivity index (χ3v) is 2.86. The zero-order chi connectivity index (χ0) is 13.8. The molecule has 0 aliphatic rings. The Balaban J connectivity index is 2.59. The molecule has 7 heteroatoms. The third kappa shape index (κ3) is 2.60. The Kier molecular flexibility index (Phi) is 3.86. The quantitative estimate of drug-likeness (QED) is 0.646. The van der Waals surface area contributed by atoms with Crippen molar-refractivity contribution < 1.29 is 10.0 Å². The lowest BCUT2D eigenvalue weighted by molar-refractivity contribution is -0.384. The maximum absolute atomic E-state index is 10.8. The van der Waals surface area contributed by atoms with E-state index in [-0.39, 0.29) is 12.3 Å². The standard InChI is InChI=1S/C12H14N4O3/c1-2-15(5-6-17)12-10-7-9(16(18)19)3-4-11(10)13-8-14-12/h3-4,7-8,17H,2,5-6H2,1H3. The summed E-state index contributed by atoms with van der Waals surface area (Å²) in [4.78, 5) is 20.5. The summed E-state index contributed by atoms with van der Waals surface area (Å²) >= 11 is 0. The van der Waals surface area contributed by atoms with Crippen molar-refractivity contribution in [1.29, 1.82) is 0 Å². The van der Waals surface area contributed by atoms with Gasteiger partial charge in [0.2, 0.25) is 0 Å². The summed E-state index contributed by atoms with van der Waals surface area (Å²) in [6.07, 6.45) is 1.42. The molecule has 0 saturated carbocycles. The van der Waals surface area contributed by atoms with E-state index in [0.29, 0.717) is 29.8 Å². The molecular formula is C12H14N4O3. The molecule has 2 rings (SSSR count). The molecule has 1 aromatic heterocycles. The molecule has 0 radical (unpaired) electrons. The number of aliphatic hydroxyl groups excluding tert-OH is 1. The van der Waals surface area contributed by atoms with Crippen molar-refractivity contribution in [2.45, 2.75) is 6.92 Å². The number of rotatable bonds is 5. The molecule has 19 heavy (non-hydrogen) atoms. The summed E-state index contributed by atoms with van der Waals surface area (Å²) in [5.74, 6) is 0.602. The molecule has 7 nitrogen and oxygen atoms in total. The fraction of sp³-hybridized carbons (Fsp3) is 0.333. The molecule has 0 bridgehead atoms. The van der Waals surface area contributed by atoms with Crippen LogP contribution in [0, 0.1) is 10.1 Å². The van der Waals surface area contributed by atoms with E-state index in [0.717, 1.165) is 0 Å². The van der Waals surface area contributed by atoms with Crippen molar-refractivity contribution >= 4 is 22.4 Å². The number of nitro groups is 1. The highest BCUT2D eigenvalue weighted by atomic mass is 16.6. The first-order valence-corrected chi connectivity index (χ1v) is 5.92. The van der Waals surface area contributed by atoms with Gasteiger partial charge in [-0.15, -0.1) is 0 Å². The Morgan fingerprint density at radius 1 is 1.42 bits per heavy atom. The molecule has 2 aromatic rings. The lowest BCUT2D eigenvalue weighted by Gasteiger charge is -2.21. The van der Waals surface area contributed by atoms with Gasteiger partial charge in [-0.25, -0.2) is 9.97 Å². The molecule has 0 unspecified atom stereocenters. The number of aliphatic hydroxyl groups is 1. The van der Waals surface area contributed by atoms with E-state index >= 15 is 0 Å². The van der Waals surface area contributed by atoms with Crippen LogP contribution in [0.1, 0.15) is 6.92 Å². The van der Waals surface area contributed by atoms with Crippen LogP contribution in [-0.4, -0.2) is 39.7 Å². The van der Waals surface area contributed by atoms with E-state index in [2.05, 4.69) is 9.97 Å². The number of hydrogen-bond donors (Lipinski definition) is 1. The largest absolute Gasteiger partial charge is 0.395 e. The number of benzene rings is 1. The zero-order valence-corrected chi connectivity index (χ0v) is 10.5. The zero-order valence-electron chi connectivity index (χ0n) is 10.5. The van der Waals surface area contributed by atoms with Crippen molar-refractivity contribution in [3.63, 3.8) is 0 Å². The summed E-state index contributed by atoms with van der Waals surface area (Å²) in [6.45, 7) is 3.00. The van der Waals surface area contributed by atoms with Gasteiger partial charge in [0.1, 0.15) is 12.1 Å². The van der Waals surface area contributed by atoms with Gasteiger partial charge in [-0.05, 0) is 13.0 Å². The highest BCUT2D eigenvalue weighted by Crippen LogP contribution is 2.26. The fourth-order valence-electron chi connectivity index (χ4n) is 1.93. The van der Waals surface area contributed by atoms with Crippen LogP contribution in [0.15, 0.2) is 24.5 Å². The van der Waals surface area contributed by atoms with Gasteiger partial charge >= 0.3 is 0 Å². The molecule has 0 aliphatic carbocycles. The second kappa shape index (κ2) is 5.57. The first-order valence-electron chi connectivity index (χ1n) is 5.92. The Bertz CT molecular complexity index is 603. The highest BCUT2D eigenvalue weighted by molar-refractivity contribution is 5.91. The summed E-state index contributed by atoms with van der Waals surface area (Å²) in [5, 5.41) is 20.5. The highest BCUT2D eigenvalue weighted by Gasteiger charge is 2.14. The molecule has 0 aliphatic heterocycles. The molecule has 0 fully saturated rings. The molecule has 1 heterocycles. The lowest BCUT2D eigenvalue weighted by atomic mass is 10.2. The van der Waals surface area contributed by atoms with E-state index in [9.17, 15) is 10.1 Å². The number of nitrogens with zero attached hydrogens (tertiary/aromatic N) is 4. The van der Waals surface area contributed by atoms with E-state index in [4.69, 9.17) is 5.11 Å². The minimum Gasteiger partial charge on any atom is -0.395 e. The number of aromatic nitrogens is 2. The van der Waals surface area contributed by atoms with Gasteiger partial charge in [0.05, 0.1) is 17.0 Å². The SMILES string of the molecule is CCN(CCO)c1ncnc2ccc([N+](=O)[O-])cc12. The van der Waals surface area contributed by atoms with Gasteiger partial charge < -0.3 is 10.0 Å². The first kappa shape index (κ1) is 13.2. The van der Waals surface area contributed by atoms with Crippen LogP contribution in [0.5, 0.6) is 0 Å². The van der Waals surface area contributed by atoms with Gasteiger partial charge in [0.15, 0.2) is 0 Å². The predicted octanol–water partition coefficient (Wildman–Crippen LogP) is 1.36. The van der Waals surface area contributed by atoms with Crippen LogP contribution < -0.4 is 4.90 Å². The van der Waals surface area contributed by atoms with Crippen LogP contribution >= 0.6 is 0 Å². The fourth-order valence-corrected chi connectivity index (χ4v) is 1.93. The topological polar surface area (TPSA) is 92.4 Å². The number of likely N-dealkylation sites (N-methyl/N-ethyl adjacent to an activating group) is 1. The molecule has 0 saturated heterocycles. The van der Waals surface area contributed by atoms with Gasteiger partial charge in [-0.2, -0.15) is 0 Å². The lowest BCUT2D eigenvalue weighted by Crippen LogP contribution is -2.27. The summed E-state index contributed by atoms with van der Waals surface area (Å²) < 4.78 is 0. The number of fused-ring (bicyclic) bond motifs is 1. The second-order valence-electron chi connectivity index (χ2n) is 3.96. The Morgan fingerprint density at radius 3 is 2.84 bits per heavy atom. The van der Waals surface area contributed by atoms with Crippen LogP contribution in [0.25, 0.3) is 10.9 Å². The van der Waals surface area contributed by atoms with Crippen molar-refractivity contribution in [3.8, 4) is 0 Å². The molecule has 0 spiro atoms. The van der Waals surface area contributed by atoms with E-state index in [1.807, 2.05) is 11.8 Å². The molecule has 100 valence electrons. The average molecular weight is 262 g/mol. The minimum atomic E-state index is -0.446. The summed E-state index contributed by atoms with van der Waals surface area (Å²) in [7, 11) is 0.